The van der Waals surface area contributed by atoms with Crippen LogP contribution < -0.4 is 5.32 Å². The zero-order chi connectivity index (χ0) is 20.8. The Hall–Kier alpha value is -2.80. The van der Waals surface area contributed by atoms with Crippen molar-refractivity contribution in [3.8, 4) is 0 Å². The van der Waals surface area contributed by atoms with Crippen LogP contribution in [0.1, 0.15) is 48.8 Å². The predicted molar refractivity (Wildman–Crippen MR) is 114 cm³/mol. The first-order chi connectivity index (χ1) is 14.0. The molecule has 1 amide bonds. The van der Waals surface area contributed by atoms with Gasteiger partial charge in [-0.3, -0.25) is 9.69 Å². The molecule has 0 spiro atoms. The molecule has 0 radical (unpaired) electrons. The smallest absolute Gasteiger partial charge is 0.252 e. The number of nitrogens with one attached hydrogen (secondary N) is 1. The Morgan fingerprint density at radius 3 is 2.59 bits per heavy atom. The minimum Gasteiger partial charge on any atom is -0.354 e. The molecule has 1 atom stereocenters. The van der Waals surface area contributed by atoms with E-state index in [-0.39, 0.29) is 11.9 Å². The van der Waals surface area contributed by atoms with E-state index in [9.17, 15) is 4.79 Å². The fourth-order valence-electron chi connectivity index (χ4n) is 3.85. The Labute approximate surface area is 172 Å². The quantitative estimate of drug-likeness (QED) is 0.604. The minimum atomic E-state index is 0.0515. The molecule has 1 unspecified atom stereocenters. The molecule has 0 saturated carbocycles. The summed E-state index contributed by atoms with van der Waals surface area (Å²) in [6, 6.07) is 10.5. The molecule has 7 heteroatoms. The number of hydrogen-bond donors (Lipinski definition) is 1. The van der Waals surface area contributed by atoms with Crippen molar-refractivity contribution in [1.82, 2.24) is 29.8 Å². The molecule has 0 aliphatic heterocycles. The van der Waals surface area contributed by atoms with Gasteiger partial charge in [-0.1, -0.05) is 44.2 Å². The average Bonchev–Trinajstić information content (AvgIpc) is 3.20. The van der Waals surface area contributed by atoms with Crippen LogP contribution >= 0.6 is 0 Å². The third-order valence-corrected chi connectivity index (χ3v) is 5.52. The highest BCUT2D eigenvalue weighted by Crippen LogP contribution is 2.20. The number of likely N-dealkylation sites (N-methyl/N-ethyl adjacent to an activating group) is 1. The molecule has 0 fully saturated rings. The number of benzene rings is 1. The molecule has 29 heavy (non-hydrogen) atoms. The van der Waals surface area contributed by atoms with Crippen molar-refractivity contribution < 1.29 is 4.79 Å². The van der Waals surface area contributed by atoms with Crippen LogP contribution in [-0.4, -0.2) is 50.0 Å². The molecule has 0 aliphatic carbocycles. The molecule has 0 bridgehead atoms. The highest BCUT2D eigenvalue weighted by molar-refractivity contribution is 5.76. The van der Waals surface area contributed by atoms with Crippen LogP contribution in [0.25, 0.3) is 5.78 Å². The predicted octanol–water partition coefficient (Wildman–Crippen LogP) is 2.87. The number of nitrogens with zero attached hydrogens (tertiary/aromatic N) is 5. The van der Waals surface area contributed by atoms with E-state index in [2.05, 4.69) is 51.3 Å². The Balaban J connectivity index is 1.64. The number of fused-ring (bicyclic) bond motifs is 1. The number of rotatable bonds is 9. The van der Waals surface area contributed by atoms with E-state index in [1.54, 1.807) is 4.52 Å². The molecule has 0 saturated heterocycles. The van der Waals surface area contributed by atoms with Crippen LogP contribution in [0.4, 0.5) is 0 Å². The summed E-state index contributed by atoms with van der Waals surface area (Å²) in [5, 5.41) is 7.35. The zero-order valence-electron chi connectivity index (χ0n) is 17.7. The molecule has 1 N–H and O–H groups in total. The number of aromatic nitrogens is 4. The third-order valence-electron chi connectivity index (χ3n) is 5.52. The summed E-state index contributed by atoms with van der Waals surface area (Å²) < 4.78 is 1.73. The molecule has 2 aromatic heterocycles. The van der Waals surface area contributed by atoms with E-state index in [1.807, 2.05) is 32.0 Å². The van der Waals surface area contributed by atoms with E-state index < -0.39 is 0 Å². The second-order valence-corrected chi connectivity index (χ2v) is 7.18. The molecular formula is C22H30N6O. The van der Waals surface area contributed by atoms with Crippen molar-refractivity contribution in [2.45, 2.75) is 46.6 Å². The first-order valence-corrected chi connectivity index (χ1v) is 10.3. The number of hydrogen-bond acceptors (Lipinski definition) is 5. The van der Waals surface area contributed by atoms with Gasteiger partial charge in [0.15, 0.2) is 0 Å². The van der Waals surface area contributed by atoms with Gasteiger partial charge in [-0.25, -0.2) is 9.50 Å². The monoisotopic (exact) mass is 394 g/mol. The van der Waals surface area contributed by atoms with Crippen LogP contribution in [0.3, 0.4) is 0 Å². The number of amides is 1. The zero-order valence-corrected chi connectivity index (χ0v) is 17.7. The van der Waals surface area contributed by atoms with Crippen LogP contribution in [0.5, 0.6) is 0 Å². The van der Waals surface area contributed by atoms with Crippen LogP contribution in [0.2, 0.25) is 0 Å². The number of aryl methyl sites for hydroxylation is 2. The molecule has 154 valence electrons. The van der Waals surface area contributed by atoms with Gasteiger partial charge in [0.1, 0.15) is 6.33 Å². The van der Waals surface area contributed by atoms with Gasteiger partial charge in [0.05, 0.1) is 6.04 Å². The Morgan fingerprint density at radius 1 is 1.17 bits per heavy atom. The fraction of sp³-hybridized carbons (Fsp3) is 0.455. The number of carbonyl (C=O) groups excluding carboxylic acids is 1. The van der Waals surface area contributed by atoms with Crippen molar-refractivity contribution in [3.05, 3.63) is 59.2 Å². The third kappa shape index (κ3) is 4.79. The molecular weight excluding hydrogens is 364 g/mol. The standard InChI is InChI=1S/C22H30N6O/c1-5-27(6-2)20(18-10-8-7-9-11-18)14-23-21(29)13-12-19-16(3)26-22-24-15-25-28(22)17(19)4/h7-11,15,20H,5-6,12-14H2,1-4H3,(H,23,29). The molecule has 3 aromatic rings. The summed E-state index contributed by atoms with van der Waals surface area (Å²) in [6.07, 6.45) is 2.55. The summed E-state index contributed by atoms with van der Waals surface area (Å²) >= 11 is 0. The van der Waals surface area contributed by atoms with E-state index in [4.69, 9.17) is 0 Å². The average molecular weight is 395 g/mol. The maximum atomic E-state index is 12.6. The van der Waals surface area contributed by atoms with Crippen molar-refractivity contribution >= 4 is 11.7 Å². The van der Waals surface area contributed by atoms with Crippen molar-refractivity contribution in [2.24, 2.45) is 0 Å². The van der Waals surface area contributed by atoms with E-state index in [0.29, 0.717) is 25.2 Å². The molecule has 3 rings (SSSR count). The first-order valence-electron chi connectivity index (χ1n) is 10.3. The largest absolute Gasteiger partial charge is 0.354 e. The molecule has 7 nitrogen and oxygen atoms in total. The maximum absolute atomic E-state index is 12.6. The lowest BCUT2D eigenvalue weighted by Gasteiger charge is -2.30. The Morgan fingerprint density at radius 2 is 1.90 bits per heavy atom. The Bertz CT molecular complexity index is 949. The lowest BCUT2D eigenvalue weighted by atomic mass is 10.0. The van der Waals surface area contributed by atoms with Gasteiger partial charge in [0, 0.05) is 24.4 Å². The molecule has 2 heterocycles. The van der Waals surface area contributed by atoms with E-state index >= 15 is 0 Å². The van der Waals surface area contributed by atoms with Crippen molar-refractivity contribution in [3.63, 3.8) is 0 Å². The van der Waals surface area contributed by atoms with Crippen LogP contribution in [-0.2, 0) is 11.2 Å². The summed E-state index contributed by atoms with van der Waals surface area (Å²) in [6.45, 7) is 10.7. The molecule has 0 aliphatic rings. The normalized spacial score (nSPS) is 12.4. The van der Waals surface area contributed by atoms with Crippen LogP contribution in [0.15, 0.2) is 36.7 Å². The highest BCUT2D eigenvalue weighted by atomic mass is 16.1. The fourth-order valence-corrected chi connectivity index (χ4v) is 3.85. The second-order valence-electron chi connectivity index (χ2n) is 7.18. The van der Waals surface area contributed by atoms with Gasteiger partial charge in [0.25, 0.3) is 5.78 Å². The maximum Gasteiger partial charge on any atom is 0.252 e. The van der Waals surface area contributed by atoms with Gasteiger partial charge in [-0.2, -0.15) is 10.1 Å². The SMILES string of the molecule is CCN(CC)C(CNC(=O)CCc1c(C)nc2ncnn2c1C)c1ccccc1. The van der Waals surface area contributed by atoms with Gasteiger partial charge in [0.2, 0.25) is 5.91 Å². The number of carbonyl (C=O) groups is 1. The van der Waals surface area contributed by atoms with Gasteiger partial charge >= 0.3 is 0 Å². The van der Waals surface area contributed by atoms with Crippen molar-refractivity contribution in [2.75, 3.05) is 19.6 Å². The summed E-state index contributed by atoms with van der Waals surface area (Å²) in [5.74, 6) is 0.647. The Kier molecular flexibility index (Phi) is 6.93. The van der Waals surface area contributed by atoms with Gasteiger partial charge < -0.3 is 5.32 Å². The van der Waals surface area contributed by atoms with E-state index in [0.717, 1.165) is 30.0 Å². The summed E-state index contributed by atoms with van der Waals surface area (Å²) in [4.78, 5) is 23.6. The van der Waals surface area contributed by atoms with E-state index in [1.165, 1.54) is 11.9 Å². The van der Waals surface area contributed by atoms with Crippen LogP contribution in [0, 0.1) is 13.8 Å². The highest BCUT2D eigenvalue weighted by Gasteiger charge is 2.19. The second kappa shape index (κ2) is 9.60. The molecule has 1 aromatic carbocycles. The summed E-state index contributed by atoms with van der Waals surface area (Å²) in [5.41, 5.74) is 4.18. The lowest BCUT2D eigenvalue weighted by Crippen LogP contribution is -2.38. The summed E-state index contributed by atoms with van der Waals surface area (Å²) in [7, 11) is 0. The lowest BCUT2D eigenvalue weighted by molar-refractivity contribution is -0.121. The topological polar surface area (TPSA) is 75.4 Å². The van der Waals surface area contributed by atoms with Crippen molar-refractivity contribution in [1.29, 1.82) is 0 Å². The first kappa shape index (κ1) is 20.9. The van der Waals surface area contributed by atoms with Gasteiger partial charge in [-0.05, 0) is 44.5 Å². The van der Waals surface area contributed by atoms with Gasteiger partial charge in [-0.15, -0.1) is 0 Å². The minimum absolute atomic E-state index is 0.0515.